The van der Waals surface area contributed by atoms with E-state index in [0.717, 1.165) is 32.2 Å². The lowest BCUT2D eigenvalue weighted by Gasteiger charge is -2.25. The summed E-state index contributed by atoms with van der Waals surface area (Å²) in [5.74, 6) is 0.216. The van der Waals surface area contributed by atoms with Crippen LogP contribution < -0.4 is 5.32 Å². The lowest BCUT2D eigenvalue weighted by Crippen LogP contribution is -2.41. The number of carbonyl (C=O) groups excluding carboxylic acids is 1. The molecular formula is C13H27N3O3S. The molecular weight excluding hydrogens is 278 g/mol. The van der Waals surface area contributed by atoms with Gasteiger partial charge in [0, 0.05) is 25.6 Å². The predicted octanol–water partition coefficient (Wildman–Crippen LogP) is 0.116. The fraction of sp³-hybridized carbons (Fsp3) is 0.923. The summed E-state index contributed by atoms with van der Waals surface area (Å²) in [4.78, 5) is 13.7. The molecule has 1 rings (SSSR count). The molecule has 6 nitrogen and oxygen atoms in total. The molecule has 1 aliphatic carbocycles. The first-order chi connectivity index (χ1) is 9.30. The van der Waals surface area contributed by atoms with Crippen LogP contribution in [-0.4, -0.2) is 70.1 Å². The summed E-state index contributed by atoms with van der Waals surface area (Å²) >= 11 is 0. The Morgan fingerprint density at radius 2 is 1.85 bits per heavy atom. The third-order valence-corrected chi connectivity index (χ3v) is 4.92. The average Bonchev–Trinajstić information content (AvgIpc) is 2.22. The first-order valence-electron chi connectivity index (χ1n) is 7.18. The maximum Gasteiger partial charge on any atom is 0.223 e. The second-order valence-corrected chi connectivity index (χ2v) is 7.72. The van der Waals surface area contributed by atoms with Gasteiger partial charge >= 0.3 is 0 Å². The molecule has 7 heteroatoms. The number of nitrogens with zero attached hydrogens (tertiary/aromatic N) is 2. The van der Waals surface area contributed by atoms with Gasteiger partial charge in [-0.15, -0.1) is 0 Å². The lowest BCUT2D eigenvalue weighted by molar-refractivity contribution is -0.127. The van der Waals surface area contributed by atoms with Crippen LogP contribution in [0.2, 0.25) is 0 Å². The van der Waals surface area contributed by atoms with Crippen molar-refractivity contribution in [3.63, 3.8) is 0 Å². The van der Waals surface area contributed by atoms with Gasteiger partial charge in [-0.3, -0.25) is 4.79 Å². The Morgan fingerprint density at radius 1 is 1.20 bits per heavy atom. The first-order valence-corrected chi connectivity index (χ1v) is 9.03. The van der Waals surface area contributed by atoms with E-state index >= 15 is 0 Å². The molecule has 0 aromatic carbocycles. The number of hydrogen-bond acceptors (Lipinski definition) is 4. The lowest BCUT2D eigenvalue weighted by atomic mass is 9.85. The molecule has 0 saturated heterocycles. The minimum Gasteiger partial charge on any atom is -0.355 e. The molecule has 0 atom stereocenters. The Morgan fingerprint density at radius 3 is 2.30 bits per heavy atom. The smallest absolute Gasteiger partial charge is 0.223 e. The number of sulfonamides is 1. The van der Waals surface area contributed by atoms with Crippen LogP contribution in [0, 0.1) is 5.92 Å². The maximum absolute atomic E-state index is 11.7. The fourth-order valence-electron chi connectivity index (χ4n) is 2.13. The third-order valence-electron chi connectivity index (χ3n) is 3.62. The monoisotopic (exact) mass is 305 g/mol. The quantitative estimate of drug-likeness (QED) is 0.657. The second-order valence-electron chi connectivity index (χ2n) is 5.74. The molecule has 1 aliphatic rings. The maximum atomic E-state index is 11.7. The largest absolute Gasteiger partial charge is 0.355 e. The van der Waals surface area contributed by atoms with E-state index in [9.17, 15) is 13.2 Å². The Balaban J connectivity index is 2.31. The highest BCUT2D eigenvalue weighted by Gasteiger charge is 2.25. The third kappa shape index (κ3) is 6.19. The predicted molar refractivity (Wildman–Crippen MR) is 79.9 cm³/mol. The van der Waals surface area contributed by atoms with Crippen molar-refractivity contribution in [3.05, 3.63) is 0 Å². The van der Waals surface area contributed by atoms with Crippen LogP contribution in [0.3, 0.4) is 0 Å². The topological polar surface area (TPSA) is 69.7 Å². The van der Waals surface area contributed by atoms with Gasteiger partial charge in [0.15, 0.2) is 0 Å². The first kappa shape index (κ1) is 17.4. The number of rotatable bonds is 9. The van der Waals surface area contributed by atoms with Gasteiger partial charge in [-0.25, -0.2) is 12.7 Å². The van der Waals surface area contributed by atoms with Crippen LogP contribution in [0.25, 0.3) is 0 Å². The molecule has 0 radical (unpaired) electrons. The van der Waals surface area contributed by atoms with Gasteiger partial charge in [-0.05, 0) is 39.9 Å². The molecule has 1 fully saturated rings. The van der Waals surface area contributed by atoms with Crippen molar-refractivity contribution in [2.45, 2.75) is 25.7 Å². The SMILES string of the molecule is CN(C)CCCN(CCNC(=O)C1CCC1)S(C)(=O)=O. The molecule has 0 aromatic rings. The molecule has 1 amide bonds. The van der Waals surface area contributed by atoms with Crippen LogP contribution in [0.1, 0.15) is 25.7 Å². The van der Waals surface area contributed by atoms with Crippen molar-refractivity contribution in [2.75, 3.05) is 46.5 Å². The van der Waals surface area contributed by atoms with E-state index in [0.29, 0.717) is 19.6 Å². The molecule has 0 unspecified atom stereocenters. The van der Waals surface area contributed by atoms with Crippen molar-refractivity contribution in [2.24, 2.45) is 5.92 Å². The van der Waals surface area contributed by atoms with Crippen LogP contribution in [0.5, 0.6) is 0 Å². The van der Waals surface area contributed by atoms with Gasteiger partial charge in [0.05, 0.1) is 6.26 Å². The normalized spacial score (nSPS) is 16.4. The molecule has 118 valence electrons. The fourth-order valence-corrected chi connectivity index (χ4v) is 3.01. The number of carbonyl (C=O) groups is 1. The molecule has 0 heterocycles. The second kappa shape index (κ2) is 7.95. The molecule has 0 spiro atoms. The summed E-state index contributed by atoms with van der Waals surface area (Å²) in [5, 5.41) is 2.83. The van der Waals surface area contributed by atoms with Gasteiger partial charge in [-0.2, -0.15) is 0 Å². The highest BCUT2D eigenvalue weighted by molar-refractivity contribution is 7.88. The summed E-state index contributed by atoms with van der Waals surface area (Å²) in [6, 6.07) is 0. The van der Waals surface area contributed by atoms with Gasteiger partial charge in [0.2, 0.25) is 15.9 Å². The van der Waals surface area contributed by atoms with Crippen LogP contribution in [0.4, 0.5) is 0 Å². The zero-order valence-electron chi connectivity index (χ0n) is 12.8. The minimum absolute atomic E-state index is 0.0676. The van der Waals surface area contributed by atoms with Gasteiger partial charge < -0.3 is 10.2 Å². The van der Waals surface area contributed by atoms with Gasteiger partial charge in [0.1, 0.15) is 0 Å². The Kier molecular flexibility index (Phi) is 6.91. The van der Waals surface area contributed by atoms with E-state index in [2.05, 4.69) is 5.32 Å². The standard InChI is InChI=1S/C13H27N3O3S/c1-15(2)9-5-10-16(20(3,18)19)11-8-14-13(17)12-6-4-7-12/h12H,4-11H2,1-3H3,(H,14,17). The van der Waals surface area contributed by atoms with Crippen molar-refractivity contribution in [1.82, 2.24) is 14.5 Å². The van der Waals surface area contributed by atoms with Crippen molar-refractivity contribution < 1.29 is 13.2 Å². The Bertz CT molecular complexity index is 405. The summed E-state index contributed by atoms with van der Waals surface area (Å²) in [6.45, 7) is 2.09. The van der Waals surface area contributed by atoms with Crippen LogP contribution >= 0.6 is 0 Å². The minimum atomic E-state index is -3.21. The highest BCUT2D eigenvalue weighted by Crippen LogP contribution is 2.25. The molecule has 0 bridgehead atoms. The molecule has 20 heavy (non-hydrogen) atoms. The summed E-state index contributed by atoms with van der Waals surface area (Å²) in [6.07, 6.45) is 5.06. The Hall–Kier alpha value is -0.660. The summed E-state index contributed by atoms with van der Waals surface area (Å²) in [5.41, 5.74) is 0. The van der Waals surface area contributed by atoms with Crippen molar-refractivity contribution in [3.8, 4) is 0 Å². The van der Waals surface area contributed by atoms with E-state index in [1.807, 2.05) is 19.0 Å². The molecule has 0 aliphatic heterocycles. The van der Waals surface area contributed by atoms with Crippen molar-refractivity contribution in [1.29, 1.82) is 0 Å². The average molecular weight is 305 g/mol. The van der Waals surface area contributed by atoms with E-state index < -0.39 is 10.0 Å². The Labute approximate surface area is 122 Å². The van der Waals surface area contributed by atoms with Crippen LogP contribution in [0.15, 0.2) is 0 Å². The van der Waals surface area contributed by atoms with E-state index in [4.69, 9.17) is 0 Å². The zero-order chi connectivity index (χ0) is 15.2. The van der Waals surface area contributed by atoms with E-state index in [1.165, 1.54) is 10.6 Å². The number of hydrogen-bond donors (Lipinski definition) is 1. The number of amides is 1. The van der Waals surface area contributed by atoms with Gasteiger partial charge in [-0.1, -0.05) is 6.42 Å². The molecule has 0 aromatic heterocycles. The molecule has 1 N–H and O–H groups in total. The van der Waals surface area contributed by atoms with Crippen molar-refractivity contribution >= 4 is 15.9 Å². The van der Waals surface area contributed by atoms with Gasteiger partial charge in [0.25, 0.3) is 0 Å². The van der Waals surface area contributed by atoms with E-state index in [-0.39, 0.29) is 11.8 Å². The zero-order valence-corrected chi connectivity index (χ0v) is 13.6. The summed E-state index contributed by atoms with van der Waals surface area (Å²) in [7, 11) is 0.715. The number of nitrogens with one attached hydrogen (secondary N) is 1. The summed E-state index contributed by atoms with van der Waals surface area (Å²) < 4.78 is 24.8. The van der Waals surface area contributed by atoms with E-state index in [1.54, 1.807) is 0 Å². The van der Waals surface area contributed by atoms with Crippen LogP contribution in [-0.2, 0) is 14.8 Å². The molecule has 1 saturated carbocycles. The highest BCUT2D eigenvalue weighted by atomic mass is 32.2.